The molecule has 1 aliphatic heterocycles. The summed E-state index contributed by atoms with van der Waals surface area (Å²) in [6.45, 7) is 3.92. The highest BCUT2D eigenvalue weighted by atomic mass is 79.9. The van der Waals surface area contributed by atoms with Gasteiger partial charge in [0.05, 0.1) is 13.0 Å². The van der Waals surface area contributed by atoms with Crippen molar-refractivity contribution in [2.75, 3.05) is 7.11 Å². The van der Waals surface area contributed by atoms with Crippen molar-refractivity contribution in [1.29, 1.82) is 0 Å². The first-order valence-corrected chi connectivity index (χ1v) is 7.68. The van der Waals surface area contributed by atoms with E-state index >= 15 is 0 Å². The molecule has 0 N–H and O–H groups in total. The molecule has 22 heavy (non-hydrogen) atoms. The lowest BCUT2D eigenvalue weighted by atomic mass is 9.86. The first kappa shape index (κ1) is 14.9. The van der Waals surface area contributed by atoms with Crippen LogP contribution in [0.1, 0.15) is 23.1 Å². The van der Waals surface area contributed by atoms with Crippen LogP contribution in [0, 0.1) is 0 Å². The minimum Gasteiger partial charge on any atom is -0.497 e. The van der Waals surface area contributed by atoms with Gasteiger partial charge in [0.15, 0.2) is 0 Å². The maximum absolute atomic E-state index is 12.0. The standard InChI is InChI=1S/C18H15BrO3/c1-11-16(13-4-3-5-14(19)10-13)17(22-18(11)20)12-6-8-15(21-2)9-7-12/h3-10,16-17H,1H2,2H3/t16-,17+/m0/s1. The predicted octanol–water partition coefficient (Wildman–Crippen LogP) is 4.40. The zero-order chi connectivity index (χ0) is 15.7. The number of halogens is 1. The monoisotopic (exact) mass is 358 g/mol. The number of carbonyl (C=O) groups is 1. The molecule has 112 valence electrons. The summed E-state index contributed by atoms with van der Waals surface area (Å²) in [6, 6.07) is 15.4. The average molecular weight is 359 g/mol. The lowest BCUT2D eigenvalue weighted by Gasteiger charge is -2.19. The highest BCUT2D eigenvalue weighted by molar-refractivity contribution is 9.10. The normalized spacial score (nSPS) is 20.8. The van der Waals surface area contributed by atoms with Crippen LogP contribution in [0.25, 0.3) is 0 Å². The third-order valence-electron chi connectivity index (χ3n) is 3.83. The second-order valence-electron chi connectivity index (χ2n) is 5.16. The number of rotatable bonds is 3. The zero-order valence-corrected chi connectivity index (χ0v) is 13.7. The van der Waals surface area contributed by atoms with Gasteiger partial charge in [0.2, 0.25) is 0 Å². The van der Waals surface area contributed by atoms with Crippen LogP contribution >= 0.6 is 15.9 Å². The first-order chi connectivity index (χ1) is 10.6. The summed E-state index contributed by atoms with van der Waals surface area (Å²) in [6.07, 6.45) is -0.361. The smallest absolute Gasteiger partial charge is 0.334 e. The van der Waals surface area contributed by atoms with Crippen molar-refractivity contribution in [1.82, 2.24) is 0 Å². The molecule has 1 fully saturated rings. The van der Waals surface area contributed by atoms with Crippen LogP contribution in [0.4, 0.5) is 0 Å². The fraction of sp³-hybridized carbons (Fsp3) is 0.167. The van der Waals surface area contributed by atoms with E-state index in [0.29, 0.717) is 5.57 Å². The fourth-order valence-electron chi connectivity index (χ4n) is 2.70. The summed E-state index contributed by atoms with van der Waals surface area (Å²) in [5, 5.41) is 0. The fourth-order valence-corrected chi connectivity index (χ4v) is 3.12. The molecule has 0 bridgehead atoms. The van der Waals surface area contributed by atoms with Crippen LogP contribution in [-0.2, 0) is 9.53 Å². The van der Waals surface area contributed by atoms with Gasteiger partial charge in [-0.1, -0.05) is 46.8 Å². The number of carbonyl (C=O) groups excluding carboxylic acids is 1. The Labute approximate surface area is 137 Å². The molecule has 0 amide bonds. The zero-order valence-electron chi connectivity index (χ0n) is 12.1. The van der Waals surface area contributed by atoms with Gasteiger partial charge in [0.25, 0.3) is 0 Å². The summed E-state index contributed by atoms with van der Waals surface area (Å²) in [5.41, 5.74) is 2.42. The van der Waals surface area contributed by atoms with E-state index < -0.39 is 0 Å². The number of esters is 1. The van der Waals surface area contributed by atoms with Gasteiger partial charge in [-0.05, 0) is 35.4 Å². The third kappa shape index (κ3) is 2.66. The molecule has 2 atom stereocenters. The van der Waals surface area contributed by atoms with Crippen molar-refractivity contribution in [3.63, 3.8) is 0 Å². The minimum absolute atomic E-state index is 0.182. The topological polar surface area (TPSA) is 35.5 Å². The van der Waals surface area contributed by atoms with E-state index in [-0.39, 0.29) is 18.0 Å². The number of benzene rings is 2. The Morgan fingerprint density at radius 3 is 2.50 bits per heavy atom. The molecule has 4 heteroatoms. The molecule has 3 rings (SSSR count). The molecule has 0 saturated carbocycles. The van der Waals surface area contributed by atoms with Crippen LogP contribution in [0.3, 0.4) is 0 Å². The van der Waals surface area contributed by atoms with E-state index in [9.17, 15) is 4.79 Å². The molecule has 0 spiro atoms. The van der Waals surface area contributed by atoms with Crippen molar-refractivity contribution in [3.8, 4) is 5.75 Å². The van der Waals surface area contributed by atoms with Crippen LogP contribution in [0.15, 0.2) is 65.2 Å². The van der Waals surface area contributed by atoms with Gasteiger partial charge in [-0.2, -0.15) is 0 Å². The largest absolute Gasteiger partial charge is 0.497 e. The number of ether oxygens (including phenoxy) is 2. The molecule has 1 aliphatic rings. The number of hydrogen-bond acceptors (Lipinski definition) is 3. The molecule has 0 radical (unpaired) electrons. The van der Waals surface area contributed by atoms with Crippen molar-refractivity contribution in [2.24, 2.45) is 0 Å². The summed E-state index contributed by atoms with van der Waals surface area (Å²) in [5.74, 6) is 0.245. The van der Waals surface area contributed by atoms with E-state index in [1.165, 1.54) is 0 Å². The van der Waals surface area contributed by atoms with Crippen LogP contribution in [0.2, 0.25) is 0 Å². The third-order valence-corrected chi connectivity index (χ3v) is 4.32. The van der Waals surface area contributed by atoms with E-state index in [4.69, 9.17) is 9.47 Å². The molecular formula is C18H15BrO3. The van der Waals surface area contributed by atoms with Crippen molar-refractivity contribution in [3.05, 3.63) is 76.3 Å². The molecule has 0 unspecified atom stereocenters. The summed E-state index contributed by atoms with van der Waals surface area (Å²) in [7, 11) is 1.62. The lowest BCUT2D eigenvalue weighted by Crippen LogP contribution is -2.07. The molecule has 1 heterocycles. The molecule has 3 nitrogen and oxygen atoms in total. The molecule has 0 aromatic heterocycles. The van der Waals surface area contributed by atoms with Gasteiger partial charge in [-0.15, -0.1) is 0 Å². The maximum atomic E-state index is 12.0. The van der Waals surface area contributed by atoms with Crippen molar-refractivity contribution < 1.29 is 14.3 Å². The van der Waals surface area contributed by atoms with Gasteiger partial charge in [0.1, 0.15) is 11.9 Å². The summed E-state index contributed by atoms with van der Waals surface area (Å²) < 4.78 is 11.7. The maximum Gasteiger partial charge on any atom is 0.334 e. The SMILES string of the molecule is C=C1C(=O)O[C@H](c2ccc(OC)cc2)[C@@H]1c1cccc(Br)c1. The van der Waals surface area contributed by atoms with E-state index in [1.54, 1.807) is 7.11 Å². The first-order valence-electron chi connectivity index (χ1n) is 6.89. The van der Waals surface area contributed by atoms with Gasteiger partial charge < -0.3 is 9.47 Å². The molecular weight excluding hydrogens is 344 g/mol. The van der Waals surface area contributed by atoms with E-state index in [0.717, 1.165) is 21.3 Å². The minimum atomic E-state index is -0.361. The Bertz CT molecular complexity index is 721. The van der Waals surface area contributed by atoms with Gasteiger partial charge in [-0.3, -0.25) is 0 Å². The average Bonchev–Trinajstić information content (AvgIpc) is 2.83. The highest BCUT2D eigenvalue weighted by Gasteiger charge is 2.40. The second-order valence-corrected chi connectivity index (χ2v) is 6.07. The Morgan fingerprint density at radius 1 is 1.14 bits per heavy atom. The van der Waals surface area contributed by atoms with Crippen LogP contribution in [-0.4, -0.2) is 13.1 Å². The van der Waals surface area contributed by atoms with E-state index in [2.05, 4.69) is 22.5 Å². The van der Waals surface area contributed by atoms with Crippen LogP contribution in [0.5, 0.6) is 5.75 Å². The number of hydrogen-bond donors (Lipinski definition) is 0. The Balaban J connectivity index is 2.00. The van der Waals surface area contributed by atoms with Gasteiger partial charge >= 0.3 is 5.97 Å². The molecule has 2 aromatic carbocycles. The van der Waals surface area contributed by atoms with Gasteiger partial charge in [-0.25, -0.2) is 4.79 Å². The predicted molar refractivity (Wildman–Crippen MR) is 87.9 cm³/mol. The Kier molecular flexibility index (Phi) is 4.03. The van der Waals surface area contributed by atoms with Crippen molar-refractivity contribution in [2.45, 2.75) is 12.0 Å². The Morgan fingerprint density at radius 2 is 1.86 bits per heavy atom. The molecule has 2 aromatic rings. The summed E-state index contributed by atoms with van der Waals surface area (Å²) in [4.78, 5) is 12.0. The Hall–Kier alpha value is -2.07. The van der Waals surface area contributed by atoms with E-state index in [1.807, 2.05) is 48.5 Å². The molecule has 1 saturated heterocycles. The van der Waals surface area contributed by atoms with Crippen LogP contribution < -0.4 is 4.74 Å². The lowest BCUT2D eigenvalue weighted by molar-refractivity contribution is -0.139. The number of cyclic esters (lactones) is 1. The summed E-state index contributed by atoms with van der Waals surface area (Å²) >= 11 is 3.47. The second kappa shape index (κ2) is 5.97. The number of methoxy groups -OCH3 is 1. The van der Waals surface area contributed by atoms with Crippen molar-refractivity contribution >= 4 is 21.9 Å². The molecule has 0 aliphatic carbocycles. The quantitative estimate of drug-likeness (QED) is 0.602. The van der Waals surface area contributed by atoms with Gasteiger partial charge in [0, 0.05) is 10.0 Å². The highest BCUT2D eigenvalue weighted by Crippen LogP contribution is 2.45.